The van der Waals surface area contributed by atoms with Gasteiger partial charge in [0.2, 0.25) is 0 Å². The number of benzene rings is 2. The molecule has 0 fully saturated rings. The molecule has 0 saturated heterocycles. The number of hydrogen-bond acceptors (Lipinski definition) is 3. The van der Waals surface area contributed by atoms with Gasteiger partial charge in [-0.25, -0.2) is 0 Å². The molecule has 1 atom stereocenters. The van der Waals surface area contributed by atoms with Crippen molar-refractivity contribution in [3.63, 3.8) is 0 Å². The lowest BCUT2D eigenvalue weighted by molar-refractivity contribution is 0.318. The summed E-state index contributed by atoms with van der Waals surface area (Å²) in [5, 5.41) is 10.8. The predicted molar refractivity (Wildman–Crippen MR) is 96.7 cm³/mol. The van der Waals surface area contributed by atoms with E-state index in [1.807, 2.05) is 25.1 Å². The largest absolute Gasteiger partial charge is 0.504 e. The van der Waals surface area contributed by atoms with Gasteiger partial charge in [-0.15, -0.1) is 0 Å². The Balaban J connectivity index is 2.38. The van der Waals surface area contributed by atoms with Crippen molar-refractivity contribution in [2.75, 3.05) is 6.61 Å². The molecule has 0 spiro atoms. The molecular weight excluding hydrogens is 310 g/mol. The summed E-state index contributed by atoms with van der Waals surface area (Å²) in [6.07, 6.45) is 2.67. The van der Waals surface area contributed by atoms with Crippen LogP contribution in [0.2, 0.25) is 5.02 Å². The third kappa shape index (κ3) is 4.26. The van der Waals surface area contributed by atoms with Crippen molar-refractivity contribution in [1.82, 2.24) is 0 Å². The normalized spacial score (nSPS) is 12.5. The maximum absolute atomic E-state index is 10.3. The first-order valence-electron chi connectivity index (χ1n) is 7.85. The minimum atomic E-state index is 0.0565. The second kappa shape index (κ2) is 8.02. The molecule has 2 rings (SSSR count). The molecular formula is C19H22ClNO2. The Morgan fingerprint density at radius 2 is 2.00 bits per heavy atom. The number of ether oxygens (including phenoxy) is 1. The molecule has 0 aliphatic carbocycles. The molecule has 0 heterocycles. The summed E-state index contributed by atoms with van der Waals surface area (Å²) >= 11 is 6.09. The van der Waals surface area contributed by atoms with E-state index in [9.17, 15) is 5.11 Å². The van der Waals surface area contributed by atoms with Gasteiger partial charge in [0, 0.05) is 22.9 Å². The molecule has 0 aliphatic rings. The minimum absolute atomic E-state index is 0.0565. The Kier molecular flexibility index (Phi) is 6.05. The molecule has 0 saturated carbocycles. The molecule has 3 nitrogen and oxygen atoms in total. The number of phenolic OH excluding ortho intramolecular Hbond substituents is 1. The molecule has 1 N–H and O–H groups in total. The van der Waals surface area contributed by atoms with Gasteiger partial charge in [0.15, 0.2) is 11.5 Å². The number of aromatic hydroxyl groups is 1. The topological polar surface area (TPSA) is 41.8 Å². The molecule has 0 bridgehead atoms. The van der Waals surface area contributed by atoms with E-state index >= 15 is 0 Å². The SMILES string of the molecule is CCOc1cc(Cl)cc(C=Nc2ccccc2[C@@H](C)CC)c1O. The molecule has 23 heavy (non-hydrogen) atoms. The Morgan fingerprint density at radius 1 is 1.26 bits per heavy atom. The van der Waals surface area contributed by atoms with E-state index in [-0.39, 0.29) is 5.75 Å². The van der Waals surface area contributed by atoms with Crippen LogP contribution in [0, 0.1) is 0 Å². The molecule has 122 valence electrons. The quantitative estimate of drug-likeness (QED) is 0.689. The third-order valence-electron chi connectivity index (χ3n) is 3.79. The second-order valence-corrected chi connectivity index (χ2v) is 5.84. The van der Waals surface area contributed by atoms with Gasteiger partial charge in [-0.3, -0.25) is 4.99 Å². The zero-order valence-electron chi connectivity index (χ0n) is 13.7. The van der Waals surface area contributed by atoms with Crippen molar-refractivity contribution in [3.8, 4) is 11.5 Å². The average molecular weight is 332 g/mol. The second-order valence-electron chi connectivity index (χ2n) is 5.40. The van der Waals surface area contributed by atoms with Crippen LogP contribution in [0.15, 0.2) is 41.4 Å². The number of nitrogens with zero attached hydrogens (tertiary/aromatic N) is 1. The molecule has 0 aromatic heterocycles. The summed E-state index contributed by atoms with van der Waals surface area (Å²) < 4.78 is 5.39. The Morgan fingerprint density at radius 3 is 2.70 bits per heavy atom. The van der Waals surface area contributed by atoms with E-state index in [1.54, 1.807) is 18.3 Å². The van der Waals surface area contributed by atoms with Crippen molar-refractivity contribution >= 4 is 23.5 Å². The van der Waals surface area contributed by atoms with Crippen molar-refractivity contribution < 1.29 is 9.84 Å². The van der Waals surface area contributed by atoms with Gasteiger partial charge in [-0.2, -0.15) is 0 Å². The third-order valence-corrected chi connectivity index (χ3v) is 4.01. The first-order chi connectivity index (χ1) is 11.1. The van der Waals surface area contributed by atoms with Crippen LogP contribution in [-0.4, -0.2) is 17.9 Å². The summed E-state index contributed by atoms with van der Waals surface area (Å²) in [7, 11) is 0. The highest BCUT2D eigenvalue weighted by Gasteiger charge is 2.10. The van der Waals surface area contributed by atoms with Gasteiger partial charge < -0.3 is 9.84 Å². The first kappa shape index (κ1) is 17.4. The van der Waals surface area contributed by atoms with Crippen molar-refractivity contribution in [2.24, 2.45) is 4.99 Å². The summed E-state index contributed by atoms with van der Waals surface area (Å²) in [5.74, 6) is 0.855. The minimum Gasteiger partial charge on any atom is -0.504 e. The Hall–Kier alpha value is -2.00. The number of phenols is 1. The number of rotatable bonds is 6. The van der Waals surface area contributed by atoms with Gasteiger partial charge >= 0.3 is 0 Å². The highest BCUT2D eigenvalue weighted by Crippen LogP contribution is 2.34. The lowest BCUT2D eigenvalue weighted by Gasteiger charge is -2.12. The van der Waals surface area contributed by atoms with Crippen LogP contribution < -0.4 is 4.74 Å². The first-order valence-corrected chi connectivity index (χ1v) is 8.22. The maximum Gasteiger partial charge on any atom is 0.166 e. The summed E-state index contributed by atoms with van der Waals surface area (Å²) in [6, 6.07) is 11.3. The van der Waals surface area contributed by atoms with Gasteiger partial charge in [0.1, 0.15) is 0 Å². The zero-order valence-corrected chi connectivity index (χ0v) is 14.5. The van der Waals surface area contributed by atoms with Crippen LogP contribution in [-0.2, 0) is 0 Å². The number of halogens is 1. The monoisotopic (exact) mass is 331 g/mol. The zero-order chi connectivity index (χ0) is 16.8. The van der Waals surface area contributed by atoms with Crippen molar-refractivity contribution in [1.29, 1.82) is 0 Å². The van der Waals surface area contributed by atoms with Crippen LogP contribution in [0.4, 0.5) is 5.69 Å². The molecule has 4 heteroatoms. The van der Waals surface area contributed by atoms with Gasteiger partial charge in [0.05, 0.1) is 12.3 Å². The molecule has 2 aromatic rings. The highest BCUT2D eigenvalue weighted by molar-refractivity contribution is 6.31. The summed E-state index contributed by atoms with van der Waals surface area (Å²) in [5.41, 5.74) is 2.64. The van der Waals surface area contributed by atoms with Crippen LogP contribution >= 0.6 is 11.6 Å². The molecule has 0 unspecified atom stereocenters. The lowest BCUT2D eigenvalue weighted by Crippen LogP contribution is -1.95. The predicted octanol–water partition coefficient (Wildman–Crippen LogP) is 5.71. The Labute approximate surface area is 142 Å². The van der Waals surface area contributed by atoms with Crippen molar-refractivity contribution in [3.05, 3.63) is 52.5 Å². The molecule has 2 aromatic carbocycles. The van der Waals surface area contributed by atoms with Crippen LogP contribution in [0.1, 0.15) is 44.2 Å². The summed E-state index contributed by atoms with van der Waals surface area (Å²) in [4.78, 5) is 4.55. The fourth-order valence-corrected chi connectivity index (χ4v) is 2.56. The lowest BCUT2D eigenvalue weighted by atomic mass is 9.97. The van der Waals surface area contributed by atoms with Crippen LogP contribution in [0.5, 0.6) is 11.5 Å². The van der Waals surface area contributed by atoms with Gasteiger partial charge in [-0.05, 0) is 37.0 Å². The fourth-order valence-electron chi connectivity index (χ4n) is 2.34. The molecule has 0 aliphatic heterocycles. The maximum atomic E-state index is 10.3. The number of aliphatic imine (C=N–C) groups is 1. The van der Waals surface area contributed by atoms with E-state index in [2.05, 4.69) is 24.9 Å². The van der Waals surface area contributed by atoms with Crippen LogP contribution in [0.25, 0.3) is 0 Å². The van der Waals surface area contributed by atoms with E-state index in [0.717, 1.165) is 12.1 Å². The molecule has 0 radical (unpaired) electrons. The van der Waals surface area contributed by atoms with Crippen LogP contribution in [0.3, 0.4) is 0 Å². The van der Waals surface area contributed by atoms with E-state index in [1.165, 1.54) is 5.56 Å². The fraction of sp³-hybridized carbons (Fsp3) is 0.316. The van der Waals surface area contributed by atoms with Gasteiger partial charge in [0.25, 0.3) is 0 Å². The Bertz CT molecular complexity index is 698. The molecule has 0 amide bonds. The summed E-state index contributed by atoms with van der Waals surface area (Å²) in [6.45, 7) is 6.65. The van der Waals surface area contributed by atoms with E-state index in [4.69, 9.17) is 16.3 Å². The highest BCUT2D eigenvalue weighted by atomic mass is 35.5. The van der Waals surface area contributed by atoms with Gasteiger partial charge in [-0.1, -0.05) is 43.6 Å². The number of para-hydroxylation sites is 1. The average Bonchev–Trinajstić information content (AvgIpc) is 2.56. The van der Waals surface area contributed by atoms with Crippen molar-refractivity contribution in [2.45, 2.75) is 33.1 Å². The van der Waals surface area contributed by atoms with E-state index < -0.39 is 0 Å². The standard InChI is InChI=1S/C19H22ClNO2/c1-4-13(3)16-8-6-7-9-17(16)21-12-14-10-15(20)11-18(19(14)22)23-5-2/h6-13,22H,4-5H2,1-3H3/t13-/m0/s1. The van der Waals surface area contributed by atoms with E-state index in [0.29, 0.717) is 28.9 Å². The number of hydrogen-bond donors (Lipinski definition) is 1. The smallest absolute Gasteiger partial charge is 0.166 e.